The monoisotopic (exact) mass is 771 g/mol. The molecule has 3 fully saturated rings. The molecule has 2 aliphatic heterocycles. The minimum atomic E-state index is -3.83. The number of amides is 3. The number of sulfonamides is 1. The maximum Gasteiger partial charge on any atom is 0.259 e. The Balaban J connectivity index is 1.19. The number of benzene rings is 1. The molecule has 4 heterocycles. The zero-order valence-corrected chi connectivity index (χ0v) is 30.2. The second kappa shape index (κ2) is 13.6. The molecule has 2 saturated carbocycles. The molecule has 2 N–H and O–H groups in total. The van der Waals surface area contributed by atoms with E-state index >= 15 is 0 Å². The number of carbonyl (C=O) groups is 3. The summed E-state index contributed by atoms with van der Waals surface area (Å²) in [6.07, 6.45) is 11.1. The van der Waals surface area contributed by atoms with Crippen molar-refractivity contribution in [3.63, 3.8) is 0 Å². The summed E-state index contributed by atoms with van der Waals surface area (Å²) in [5, 5.41) is 5.62. The molecule has 4 aliphatic rings. The molecule has 3 aromatic rings. The molecule has 1 aromatic carbocycles. The van der Waals surface area contributed by atoms with Crippen LogP contribution in [-0.2, 0) is 24.4 Å². The zero-order chi connectivity index (χ0) is 34.3. The summed E-state index contributed by atoms with van der Waals surface area (Å²) in [6.45, 7) is 0.170. The van der Waals surface area contributed by atoms with Gasteiger partial charge in [-0.2, -0.15) is 0 Å². The van der Waals surface area contributed by atoms with Crippen molar-refractivity contribution in [3.8, 4) is 22.2 Å². The van der Waals surface area contributed by atoms with E-state index in [1.165, 1.54) is 11.3 Å². The first-order valence-corrected chi connectivity index (χ1v) is 19.9. The molecule has 2 aromatic heterocycles. The molecular weight excluding hydrogens is 734 g/mol. The lowest BCUT2D eigenvalue weighted by Gasteiger charge is -2.26. The summed E-state index contributed by atoms with van der Waals surface area (Å²) in [4.78, 5) is 52.2. The first-order chi connectivity index (χ1) is 23.6. The lowest BCUT2D eigenvalue weighted by molar-refractivity contribution is -0.139. The van der Waals surface area contributed by atoms with E-state index in [1.54, 1.807) is 18.2 Å². The minimum absolute atomic E-state index is 0.156. The Hall–Kier alpha value is -3.56. The van der Waals surface area contributed by atoms with Gasteiger partial charge in [0.25, 0.3) is 5.91 Å². The lowest BCUT2D eigenvalue weighted by atomic mass is 10.1. The van der Waals surface area contributed by atoms with E-state index in [4.69, 9.17) is 14.5 Å². The van der Waals surface area contributed by atoms with Crippen molar-refractivity contribution < 1.29 is 32.3 Å². The first kappa shape index (κ1) is 33.9. The fourth-order valence-electron chi connectivity index (χ4n) is 6.77. The van der Waals surface area contributed by atoms with Crippen LogP contribution < -0.4 is 19.5 Å². The molecule has 0 radical (unpaired) electrons. The summed E-state index contributed by atoms with van der Waals surface area (Å²) in [5.74, 6) is -0.609. The van der Waals surface area contributed by atoms with E-state index in [2.05, 4.69) is 31.0 Å². The molecule has 0 spiro atoms. The average Bonchev–Trinajstić information content (AvgIpc) is 3.94. The van der Waals surface area contributed by atoms with Crippen molar-refractivity contribution in [1.82, 2.24) is 24.9 Å². The van der Waals surface area contributed by atoms with Gasteiger partial charge in [-0.3, -0.25) is 19.1 Å². The van der Waals surface area contributed by atoms with Crippen LogP contribution in [0.4, 0.5) is 0 Å². The smallest absolute Gasteiger partial charge is 0.259 e. The number of fused-ring (bicyclic) bond motifs is 3. The number of thiazole rings is 1. The molecule has 2 aliphatic carbocycles. The predicted molar refractivity (Wildman–Crippen MR) is 188 cm³/mol. The van der Waals surface area contributed by atoms with Crippen molar-refractivity contribution in [3.05, 3.63) is 46.4 Å². The third-order valence-corrected chi connectivity index (χ3v) is 13.1. The summed E-state index contributed by atoms with van der Waals surface area (Å²) < 4.78 is 40.5. The van der Waals surface area contributed by atoms with Crippen LogP contribution in [0.5, 0.6) is 11.5 Å². The SMILES string of the molecule is COc1ccc2c(O[C@@H]3C[C@H]4C(=O)N[C@]5(C(=O)NS(=O)(=O)C6CC6)C[C@H]5C=CCCCCCCC(=O)N4C3)cc(-c3nccs3)nc2c1Br. The van der Waals surface area contributed by atoms with E-state index in [0.29, 0.717) is 63.3 Å². The van der Waals surface area contributed by atoms with Crippen molar-refractivity contribution in [1.29, 1.82) is 0 Å². The van der Waals surface area contributed by atoms with Gasteiger partial charge < -0.3 is 19.7 Å². The van der Waals surface area contributed by atoms with Crippen LogP contribution >= 0.6 is 27.3 Å². The van der Waals surface area contributed by atoms with Crippen LogP contribution in [0, 0.1) is 5.92 Å². The Kier molecular flexibility index (Phi) is 9.43. The van der Waals surface area contributed by atoms with Crippen molar-refractivity contribution >= 4 is 65.9 Å². The number of aromatic nitrogens is 2. The standard InChI is InChI=1S/C34H38BrN5O7S2/c1-46-26-13-12-23-27(17-24(32-36-14-15-48-32)37-30(23)29(26)35)47-21-16-25-31(42)38-34(33(43)39-49(44,45)22-10-11-22)18-20(34)8-6-4-2-3-5-7-9-28(41)40(25)19-21/h6,8,12-15,17,20-22,25H,2-5,7,9-11,16,18-19H2,1H3,(H,38,42)(H,39,43)/t20-,21-,25+,34-/m1/s1. The van der Waals surface area contributed by atoms with Gasteiger partial charge in [-0.25, -0.2) is 18.4 Å². The number of halogens is 1. The minimum Gasteiger partial charge on any atom is -0.495 e. The third kappa shape index (κ3) is 6.93. The van der Waals surface area contributed by atoms with Gasteiger partial charge in [-0.05, 0) is 66.6 Å². The van der Waals surface area contributed by atoms with Crippen molar-refractivity contribution in [2.24, 2.45) is 5.92 Å². The first-order valence-electron chi connectivity index (χ1n) is 16.7. The number of carbonyl (C=O) groups excluding carboxylic acids is 3. The predicted octanol–water partition coefficient (Wildman–Crippen LogP) is 4.87. The van der Waals surface area contributed by atoms with Gasteiger partial charge in [0.2, 0.25) is 21.8 Å². The van der Waals surface area contributed by atoms with Crippen LogP contribution in [0.2, 0.25) is 0 Å². The number of rotatable bonds is 7. The molecule has 260 valence electrons. The second-order valence-corrected chi connectivity index (χ2v) is 16.8. The fourth-order valence-corrected chi connectivity index (χ4v) is 9.33. The quantitative estimate of drug-likeness (QED) is 0.320. The van der Waals surface area contributed by atoms with Crippen LogP contribution in [0.1, 0.15) is 64.2 Å². The highest BCUT2D eigenvalue weighted by molar-refractivity contribution is 9.10. The van der Waals surface area contributed by atoms with E-state index in [1.807, 2.05) is 35.7 Å². The van der Waals surface area contributed by atoms with Gasteiger partial charge in [0.1, 0.15) is 39.9 Å². The maximum atomic E-state index is 14.1. The Morgan fingerprint density at radius 1 is 1.16 bits per heavy atom. The summed E-state index contributed by atoms with van der Waals surface area (Å²) >= 11 is 5.07. The van der Waals surface area contributed by atoms with Gasteiger partial charge in [0.15, 0.2) is 0 Å². The Bertz CT molecular complexity index is 1920. The van der Waals surface area contributed by atoms with Crippen LogP contribution in [0.15, 0.2) is 46.4 Å². The Morgan fingerprint density at radius 2 is 1.98 bits per heavy atom. The lowest BCUT2D eigenvalue weighted by Crippen LogP contribution is -2.56. The summed E-state index contributed by atoms with van der Waals surface area (Å²) in [5.41, 5.74) is -0.181. The van der Waals surface area contributed by atoms with Crippen LogP contribution in [-0.4, -0.2) is 77.6 Å². The Labute approximate surface area is 297 Å². The van der Waals surface area contributed by atoms with Gasteiger partial charge in [-0.1, -0.05) is 25.0 Å². The molecule has 1 saturated heterocycles. The largest absolute Gasteiger partial charge is 0.495 e. The number of nitrogens with one attached hydrogen (secondary N) is 2. The summed E-state index contributed by atoms with van der Waals surface area (Å²) in [6, 6.07) is 4.58. The van der Waals surface area contributed by atoms with Crippen molar-refractivity contribution in [2.75, 3.05) is 13.7 Å². The van der Waals surface area contributed by atoms with Gasteiger partial charge in [-0.15, -0.1) is 11.3 Å². The number of hydrogen-bond donors (Lipinski definition) is 2. The number of allylic oxidation sites excluding steroid dienone is 1. The third-order valence-electron chi connectivity index (χ3n) is 9.74. The number of pyridine rings is 1. The number of methoxy groups -OCH3 is 1. The molecule has 15 heteroatoms. The molecule has 12 nitrogen and oxygen atoms in total. The van der Waals surface area contributed by atoms with Gasteiger partial charge in [0.05, 0.1) is 28.9 Å². The molecule has 3 amide bonds. The van der Waals surface area contributed by atoms with Crippen LogP contribution in [0.3, 0.4) is 0 Å². The molecular formula is C34H38BrN5O7S2. The van der Waals surface area contributed by atoms with E-state index in [0.717, 1.165) is 25.7 Å². The highest BCUT2D eigenvalue weighted by Crippen LogP contribution is 2.46. The molecule has 0 unspecified atom stereocenters. The second-order valence-electron chi connectivity index (χ2n) is 13.2. The van der Waals surface area contributed by atoms with Crippen LogP contribution in [0.25, 0.3) is 21.6 Å². The molecule has 0 bridgehead atoms. The van der Waals surface area contributed by atoms with Gasteiger partial charge in [0, 0.05) is 41.8 Å². The fraction of sp³-hybridized carbons (Fsp3) is 0.500. The molecule has 4 atom stereocenters. The van der Waals surface area contributed by atoms with Crippen molar-refractivity contribution in [2.45, 2.75) is 87.1 Å². The Morgan fingerprint density at radius 3 is 2.73 bits per heavy atom. The number of ether oxygens (including phenoxy) is 2. The average molecular weight is 773 g/mol. The highest BCUT2D eigenvalue weighted by Gasteiger charge is 2.62. The number of hydrogen-bond acceptors (Lipinski definition) is 10. The van der Waals surface area contributed by atoms with E-state index < -0.39 is 44.8 Å². The summed E-state index contributed by atoms with van der Waals surface area (Å²) in [7, 11) is -2.25. The molecule has 49 heavy (non-hydrogen) atoms. The van der Waals surface area contributed by atoms with Gasteiger partial charge >= 0.3 is 0 Å². The van der Waals surface area contributed by atoms with E-state index in [9.17, 15) is 22.8 Å². The normalized spacial score (nSPS) is 26.2. The molecule has 7 rings (SSSR count). The topological polar surface area (TPSA) is 157 Å². The zero-order valence-electron chi connectivity index (χ0n) is 27.0. The highest BCUT2D eigenvalue weighted by atomic mass is 79.9. The maximum absolute atomic E-state index is 14.1. The van der Waals surface area contributed by atoms with E-state index in [-0.39, 0.29) is 31.2 Å². The number of nitrogens with zero attached hydrogens (tertiary/aromatic N) is 3.